The summed E-state index contributed by atoms with van der Waals surface area (Å²) in [6, 6.07) is 27.6. The van der Waals surface area contributed by atoms with Gasteiger partial charge in [-0.1, -0.05) is 24.3 Å². The van der Waals surface area contributed by atoms with Crippen LogP contribution in [0.5, 0.6) is 0 Å². The van der Waals surface area contributed by atoms with E-state index in [1.165, 1.54) is 18.4 Å². The highest BCUT2D eigenvalue weighted by Crippen LogP contribution is 2.39. The van der Waals surface area contributed by atoms with Crippen molar-refractivity contribution in [1.82, 2.24) is 28.4 Å². The number of likely N-dealkylation sites (N-methyl/N-ethyl adjacent to an activating group) is 2. The number of H-pyrrole nitrogens is 2. The second-order valence-corrected chi connectivity index (χ2v) is 24.5. The number of ether oxygens (including phenoxy) is 2. The summed E-state index contributed by atoms with van der Waals surface area (Å²) in [5, 5.41) is 2.04. The molecular formula is C54H64N8O8S2. The Bertz CT molecular complexity index is 3080. The number of aryl methyl sites for hydroxylation is 2. The lowest BCUT2D eigenvalue weighted by atomic mass is 10.0. The summed E-state index contributed by atoms with van der Waals surface area (Å²) in [6.07, 6.45) is 6.69. The Kier molecular flexibility index (Phi) is 13.2. The number of anilines is 2. The maximum Gasteiger partial charge on any atom is 0.243 e. The van der Waals surface area contributed by atoms with Crippen LogP contribution in [0.15, 0.2) is 94.7 Å². The maximum absolute atomic E-state index is 14.1. The Hall–Kier alpha value is -5.76. The van der Waals surface area contributed by atoms with Crippen LogP contribution in [-0.4, -0.2) is 161 Å². The third-order valence-electron chi connectivity index (χ3n) is 15.5. The Morgan fingerprint density at radius 2 is 1.12 bits per heavy atom. The van der Waals surface area contributed by atoms with Crippen molar-refractivity contribution < 1.29 is 35.9 Å². The number of amides is 2. The topological polar surface area (TPSA) is 172 Å². The molecule has 16 nitrogen and oxygen atoms in total. The fourth-order valence-corrected chi connectivity index (χ4v) is 13.7. The molecule has 380 valence electrons. The molecule has 5 fully saturated rings. The van der Waals surface area contributed by atoms with Gasteiger partial charge in [-0.25, -0.2) is 16.8 Å². The van der Waals surface area contributed by atoms with Crippen LogP contribution in [0.25, 0.3) is 44.3 Å². The van der Waals surface area contributed by atoms with E-state index < -0.39 is 20.0 Å². The molecule has 5 aliphatic heterocycles. The zero-order valence-corrected chi connectivity index (χ0v) is 42.9. The molecule has 11 rings (SSSR count). The number of morpholine rings is 2. The molecule has 2 aromatic heterocycles. The zero-order chi connectivity index (χ0) is 49.9. The van der Waals surface area contributed by atoms with Crippen LogP contribution in [0.2, 0.25) is 0 Å². The molecule has 0 aliphatic carbocycles. The number of carbonyl (C=O) groups excluding carboxylic acids is 2. The van der Waals surface area contributed by atoms with Crippen LogP contribution >= 0.6 is 0 Å². The quantitative estimate of drug-likeness (QED) is 0.116. The summed E-state index contributed by atoms with van der Waals surface area (Å²) in [7, 11) is -5.04. The van der Waals surface area contributed by atoms with E-state index in [0.717, 1.165) is 142 Å². The standard InChI is InChI=1S/C54H64N8O8S2/c1-36-34-69-23-22-61(36)53(63)32-57(2)71(65,66)43-14-16-51(59-18-4-5-19-59)45(29-43)49-26-39-12-10-37(24-47(39)55-49)8-9-38-11-13-40-27-50(56-48(40)25-38)46-30-44(15-17-52(46)60-20-6-7-21-60)72(67,68)58(3)33-54(64)62-31-42-28-41(62)35-70-42/h10-17,24-27,29-30,36,41-42,55-56H,4-9,18-23,28,31-35H2,1-3H3. The Morgan fingerprint density at radius 3 is 1.58 bits per heavy atom. The molecule has 4 aromatic carbocycles. The van der Waals surface area contributed by atoms with Crippen LogP contribution in [-0.2, 0) is 52.0 Å². The zero-order valence-electron chi connectivity index (χ0n) is 41.3. The van der Waals surface area contributed by atoms with Crippen molar-refractivity contribution in [1.29, 1.82) is 0 Å². The van der Waals surface area contributed by atoms with Gasteiger partial charge >= 0.3 is 0 Å². The van der Waals surface area contributed by atoms with Gasteiger partial charge in [-0.05, 0) is 124 Å². The molecule has 6 aromatic rings. The van der Waals surface area contributed by atoms with Crippen molar-refractivity contribution in [2.24, 2.45) is 0 Å². The number of hydrogen-bond acceptors (Lipinski definition) is 10. The number of likely N-dealkylation sites (tertiary alicyclic amines) is 1. The predicted octanol–water partition coefficient (Wildman–Crippen LogP) is 6.46. The van der Waals surface area contributed by atoms with Crippen LogP contribution in [0.3, 0.4) is 0 Å². The highest BCUT2D eigenvalue weighted by molar-refractivity contribution is 7.89. The molecular weight excluding hydrogens is 953 g/mol. The van der Waals surface area contributed by atoms with Gasteiger partial charge < -0.3 is 39.0 Å². The van der Waals surface area contributed by atoms with Crippen LogP contribution in [0.1, 0.15) is 50.2 Å². The molecule has 5 aliphatic rings. The van der Waals surface area contributed by atoms with Crippen LogP contribution < -0.4 is 9.80 Å². The van der Waals surface area contributed by atoms with Crippen molar-refractivity contribution in [3.63, 3.8) is 0 Å². The van der Waals surface area contributed by atoms with E-state index in [1.54, 1.807) is 34.1 Å². The lowest BCUT2D eigenvalue weighted by molar-refractivity contribution is -0.139. The second-order valence-electron chi connectivity index (χ2n) is 20.4. The van der Waals surface area contributed by atoms with Crippen molar-refractivity contribution in [2.45, 2.75) is 79.8 Å². The summed E-state index contributed by atoms with van der Waals surface area (Å²) in [6.45, 7) is 7.31. The van der Waals surface area contributed by atoms with E-state index in [4.69, 9.17) is 9.47 Å². The summed E-state index contributed by atoms with van der Waals surface area (Å²) in [5.74, 6) is -0.444. The molecule has 3 atom stereocenters. The smallest absolute Gasteiger partial charge is 0.243 e. The number of sulfonamides is 2. The highest BCUT2D eigenvalue weighted by atomic mass is 32.2. The molecule has 0 saturated carbocycles. The highest BCUT2D eigenvalue weighted by Gasteiger charge is 2.42. The van der Waals surface area contributed by atoms with E-state index in [1.807, 2.05) is 19.1 Å². The largest absolute Gasteiger partial charge is 0.377 e. The van der Waals surface area contributed by atoms with E-state index >= 15 is 0 Å². The third-order valence-corrected chi connectivity index (χ3v) is 19.1. The lowest BCUT2D eigenvalue weighted by Gasteiger charge is -2.34. The first kappa shape index (κ1) is 48.5. The second kappa shape index (κ2) is 19.6. The molecule has 7 heterocycles. The fraction of sp³-hybridized carbons (Fsp3) is 0.444. The van der Waals surface area contributed by atoms with Gasteiger partial charge in [-0.3, -0.25) is 9.59 Å². The van der Waals surface area contributed by atoms with Gasteiger partial charge in [0.05, 0.1) is 60.9 Å². The molecule has 5 saturated heterocycles. The molecule has 18 heteroatoms. The van der Waals surface area contributed by atoms with E-state index in [9.17, 15) is 26.4 Å². The van der Waals surface area contributed by atoms with Gasteiger partial charge in [0, 0.05) is 109 Å². The van der Waals surface area contributed by atoms with Crippen LogP contribution in [0.4, 0.5) is 11.4 Å². The minimum absolute atomic E-state index is 0.0158. The van der Waals surface area contributed by atoms with Crippen molar-refractivity contribution >= 4 is 65.0 Å². The summed E-state index contributed by atoms with van der Waals surface area (Å²) >= 11 is 0. The van der Waals surface area contributed by atoms with Gasteiger partial charge in [-0.15, -0.1) is 0 Å². The van der Waals surface area contributed by atoms with Crippen molar-refractivity contribution in [3.8, 4) is 22.5 Å². The SMILES string of the molecule is CC1COCCN1C(=O)CN(C)S(=O)(=O)c1ccc(N2CCCC2)c(-c2cc3ccc(CCc4ccc5cc(-c6cc(S(=O)(=O)N(C)CC(=O)N7CC8CC7CO8)ccc6N6CCCC6)[nH]c5c4)cc3[nH]2)c1. The molecule has 2 N–H and O–H groups in total. The first-order chi connectivity index (χ1) is 34.7. The van der Waals surface area contributed by atoms with Gasteiger partial charge in [0.25, 0.3) is 0 Å². The van der Waals surface area contributed by atoms with E-state index in [0.29, 0.717) is 32.9 Å². The average Bonchev–Trinajstić information content (AvgIpc) is 4.26. The van der Waals surface area contributed by atoms with E-state index in [2.05, 4.69) is 68.3 Å². The molecule has 2 amide bonds. The molecule has 0 radical (unpaired) electrons. The number of aromatic amines is 2. The summed E-state index contributed by atoms with van der Waals surface area (Å²) in [4.78, 5) is 42.2. The first-order valence-corrected chi connectivity index (χ1v) is 28.3. The lowest BCUT2D eigenvalue weighted by Crippen LogP contribution is -2.50. The average molecular weight is 1020 g/mol. The first-order valence-electron chi connectivity index (χ1n) is 25.4. The van der Waals surface area contributed by atoms with E-state index in [-0.39, 0.29) is 52.9 Å². The summed E-state index contributed by atoms with van der Waals surface area (Å²) in [5.41, 5.74) is 9.45. The number of fused-ring (bicyclic) bond motifs is 4. The Balaban J connectivity index is 0.814. The molecule has 3 unspecified atom stereocenters. The summed E-state index contributed by atoms with van der Waals surface area (Å²) < 4.78 is 69.7. The monoisotopic (exact) mass is 1020 g/mol. The van der Waals surface area contributed by atoms with Gasteiger partial charge in [-0.2, -0.15) is 8.61 Å². The fourth-order valence-electron chi connectivity index (χ4n) is 11.4. The molecule has 2 bridgehead atoms. The minimum Gasteiger partial charge on any atom is -0.377 e. The maximum atomic E-state index is 14.1. The number of rotatable bonds is 15. The Labute approximate surface area is 421 Å². The van der Waals surface area contributed by atoms with Crippen molar-refractivity contribution in [2.75, 3.05) is 96.1 Å². The predicted molar refractivity (Wildman–Crippen MR) is 279 cm³/mol. The van der Waals surface area contributed by atoms with Gasteiger partial charge in [0.15, 0.2) is 0 Å². The number of nitrogens with zero attached hydrogens (tertiary/aromatic N) is 6. The number of carbonyl (C=O) groups is 2. The Morgan fingerprint density at radius 1 is 0.625 bits per heavy atom. The van der Waals surface area contributed by atoms with Crippen molar-refractivity contribution in [3.05, 3.63) is 96.1 Å². The normalized spacial score (nSPS) is 20.7. The molecule has 0 spiro atoms. The number of aromatic nitrogens is 2. The third kappa shape index (κ3) is 9.41. The van der Waals surface area contributed by atoms with Gasteiger partial charge in [0.1, 0.15) is 0 Å². The molecule has 72 heavy (non-hydrogen) atoms. The number of hydrogen-bond donors (Lipinski definition) is 2. The van der Waals surface area contributed by atoms with Gasteiger partial charge in [0.2, 0.25) is 31.9 Å². The number of nitrogens with one attached hydrogen (secondary N) is 2. The minimum atomic E-state index is -4.00. The van der Waals surface area contributed by atoms with Crippen LogP contribution in [0, 0.1) is 0 Å². The number of benzene rings is 4.